The van der Waals surface area contributed by atoms with E-state index in [0.29, 0.717) is 17.6 Å². The van der Waals surface area contributed by atoms with Crippen LogP contribution >= 0.6 is 0 Å². The summed E-state index contributed by atoms with van der Waals surface area (Å²) in [5.41, 5.74) is 3.09. The molecule has 0 aliphatic heterocycles. The molecular formula is C26H34O3Si. The Labute approximate surface area is 182 Å². The van der Waals surface area contributed by atoms with Crippen LogP contribution in [0.4, 0.5) is 0 Å². The molecule has 0 bridgehead atoms. The van der Waals surface area contributed by atoms with Crippen molar-refractivity contribution in [2.45, 2.75) is 50.4 Å². The molecule has 0 unspecified atom stereocenters. The van der Waals surface area contributed by atoms with Crippen LogP contribution in [-0.2, 0) is 0 Å². The number of benzene rings is 2. The van der Waals surface area contributed by atoms with Crippen molar-refractivity contribution in [2.24, 2.45) is 5.92 Å². The predicted octanol–water partition coefficient (Wildman–Crippen LogP) is 6.69. The minimum Gasteiger partial charge on any atom is -0.493 e. The third kappa shape index (κ3) is 4.70. The van der Waals surface area contributed by atoms with Crippen LogP contribution < -0.4 is 9.47 Å². The molecule has 2 aromatic rings. The van der Waals surface area contributed by atoms with Gasteiger partial charge in [-0.25, -0.2) is 0 Å². The molecule has 3 atom stereocenters. The number of hydrogen-bond donors (Lipinski definition) is 0. The lowest BCUT2D eigenvalue weighted by molar-refractivity contribution is 0.0920. The Hall–Kier alpha value is -2.33. The molecule has 3 rings (SSSR count). The predicted molar refractivity (Wildman–Crippen MR) is 127 cm³/mol. The summed E-state index contributed by atoms with van der Waals surface area (Å²) >= 11 is 0. The Kier molecular flexibility index (Phi) is 6.87. The number of carbonyl (C=O) groups excluding carboxylic acids is 1. The Balaban J connectivity index is 2.19. The zero-order valence-electron chi connectivity index (χ0n) is 18.9. The lowest BCUT2D eigenvalue weighted by Crippen LogP contribution is -2.35. The smallest absolute Gasteiger partial charge is 0.170 e. The molecule has 0 saturated carbocycles. The van der Waals surface area contributed by atoms with E-state index in [9.17, 15) is 4.79 Å². The molecule has 0 saturated heterocycles. The van der Waals surface area contributed by atoms with Crippen molar-refractivity contribution in [3.05, 3.63) is 71.8 Å². The van der Waals surface area contributed by atoms with Crippen LogP contribution in [0.1, 0.15) is 46.2 Å². The molecule has 0 fully saturated rings. The first kappa shape index (κ1) is 22.4. The zero-order chi connectivity index (χ0) is 21.9. The Morgan fingerprint density at radius 1 is 1.07 bits per heavy atom. The van der Waals surface area contributed by atoms with Crippen molar-refractivity contribution in [1.29, 1.82) is 0 Å². The monoisotopic (exact) mass is 422 g/mol. The Morgan fingerprint density at radius 3 is 2.20 bits per heavy atom. The van der Waals surface area contributed by atoms with Crippen LogP contribution in [0.3, 0.4) is 0 Å². The first-order valence-corrected chi connectivity index (χ1v) is 14.5. The second-order valence-electron chi connectivity index (χ2n) is 9.53. The van der Waals surface area contributed by atoms with Crippen molar-refractivity contribution in [3.8, 4) is 11.5 Å². The summed E-state index contributed by atoms with van der Waals surface area (Å²) in [6.07, 6.45) is 3.90. The summed E-state index contributed by atoms with van der Waals surface area (Å²) in [6.45, 7) is 11.2. The molecule has 4 heteroatoms. The summed E-state index contributed by atoms with van der Waals surface area (Å²) < 4.78 is 11.2. The standard InChI is InChI=1S/C26H34O3Si/c1-7-11-19-14-20(17-30(4,5)6)25(26(27)18-12-9-8-10-13-18)22-16-24(29-3)23(28-2)15-21(19)22/h7-10,12-13,15-16,19-20,25H,1,11,14,17H2,2-6H3/t19-,20+,25+/m1/s1. The number of ketones is 1. The van der Waals surface area contributed by atoms with Crippen molar-refractivity contribution >= 4 is 13.9 Å². The van der Waals surface area contributed by atoms with Crippen molar-refractivity contribution < 1.29 is 14.3 Å². The molecule has 2 aromatic carbocycles. The third-order valence-electron chi connectivity index (χ3n) is 6.09. The van der Waals surface area contributed by atoms with Crippen molar-refractivity contribution in [3.63, 3.8) is 0 Å². The van der Waals surface area contributed by atoms with Crippen LogP contribution in [-0.4, -0.2) is 28.1 Å². The molecule has 160 valence electrons. The van der Waals surface area contributed by atoms with Gasteiger partial charge in [0.05, 0.1) is 20.1 Å². The van der Waals surface area contributed by atoms with Gasteiger partial charge in [0.25, 0.3) is 0 Å². The third-order valence-corrected chi connectivity index (χ3v) is 7.84. The van der Waals surface area contributed by atoms with Gasteiger partial charge < -0.3 is 9.47 Å². The summed E-state index contributed by atoms with van der Waals surface area (Å²) in [7, 11) is 1.94. The molecule has 3 nitrogen and oxygen atoms in total. The molecule has 0 radical (unpaired) electrons. The molecule has 1 aliphatic carbocycles. The minimum absolute atomic E-state index is 0.157. The van der Waals surface area contributed by atoms with E-state index in [0.717, 1.165) is 35.8 Å². The van der Waals surface area contributed by atoms with Gasteiger partial charge in [-0.05, 0) is 47.9 Å². The van der Waals surface area contributed by atoms with E-state index in [1.54, 1.807) is 14.2 Å². The molecule has 1 aliphatic rings. The molecular weight excluding hydrogens is 388 g/mol. The van der Waals surface area contributed by atoms with E-state index < -0.39 is 8.07 Å². The molecule has 30 heavy (non-hydrogen) atoms. The maximum Gasteiger partial charge on any atom is 0.170 e. The first-order valence-electron chi connectivity index (χ1n) is 10.7. The summed E-state index contributed by atoms with van der Waals surface area (Å²) in [5.74, 6) is 2.13. The fraction of sp³-hybridized carbons (Fsp3) is 0.423. The number of carbonyl (C=O) groups is 1. The van der Waals surface area contributed by atoms with Crippen LogP contribution in [0.5, 0.6) is 11.5 Å². The van der Waals surface area contributed by atoms with E-state index in [-0.39, 0.29) is 11.7 Å². The summed E-state index contributed by atoms with van der Waals surface area (Å²) in [4.78, 5) is 13.8. The van der Waals surface area contributed by atoms with Gasteiger partial charge in [-0.3, -0.25) is 4.79 Å². The highest BCUT2D eigenvalue weighted by molar-refractivity contribution is 6.76. The van der Waals surface area contributed by atoms with Gasteiger partial charge in [-0.15, -0.1) is 6.58 Å². The lowest BCUT2D eigenvalue weighted by atomic mass is 9.67. The van der Waals surface area contributed by atoms with Gasteiger partial charge in [0.2, 0.25) is 0 Å². The van der Waals surface area contributed by atoms with Crippen LogP contribution in [0.2, 0.25) is 25.7 Å². The maximum absolute atomic E-state index is 13.8. The SMILES string of the molecule is C=CC[C@@H]1C[C@@H](C[Si](C)(C)C)[C@H](C(=O)c2ccccc2)c2cc(OC)c(OC)cc21. The maximum atomic E-state index is 13.8. The lowest BCUT2D eigenvalue weighted by Gasteiger charge is -2.40. The molecule has 0 heterocycles. The fourth-order valence-corrected chi connectivity index (χ4v) is 6.94. The second kappa shape index (κ2) is 9.21. The van der Waals surface area contributed by atoms with Gasteiger partial charge in [0.1, 0.15) is 0 Å². The van der Waals surface area contributed by atoms with Crippen molar-refractivity contribution in [2.75, 3.05) is 14.2 Å². The van der Waals surface area contributed by atoms with E-state index in [4.69, 9.17) is 9.47 Å². The Bertz CT molecular complexity index is 898. The van der Waals surface area contributed by atoms with E-state index >= 15 is 0 Å². The quantitative estimate of drug-likeness (QED) is 0.270. The van der Waals surface area contributed by atoms with E-state index in [1.165, 1.54) is 5.56 Å². The largest absolute Gasteiger partial charge is 0.493 e. The topological polar surface area (TPSA) is 35.5 Å². The summed E-state index contributed by atoms with van der Waals surface area (Å²) in [5, 5.41) is 0. The van der Waals surface area contributed by atoms with Crippen LogP contribution in [0, 0.1) is 5.92 Å². The van der Waals surface area contributed by atoms with Gasteiger partial charge >= 0.3 is 0 Å². The highest BCUT2D eigenvalue weighted by Crippen LogP contribution is 2.51. The second-order valence-corrected chi connectivity index (χ2v) is 15.1. The average molecular weight is 423 g/mol. The van der Waals surface area contributed by atoms with Crippen LogP contribution in [0.25, 0.3) is 0 Å². The first-order chi connectivity index (χ1) is 14.3. The molecule has 0 spiro atoms. The van der Waals surface area contributed by atoms with Crippen molar-refractivity contribution in [1.82, 2.24) is 0 Å². The van der Waals surface area contributed by atoms with Gasteiger partial charge in [-0.1, -0.05) is 62.1 Å². The van der Waals surface area contributed by atoms with Crippen LogP contribution in [0.15, 0.2) is 55.1 Å². The molecule has 0 aromatic heterocycles. The average Bonchev–Trinajstić information content (AvgIpc) is 2.72. The fourth-order valence-electron chi connectivity index (χ4n) is 4.97. The number of methoxy groups -OCH3 is 2. The normalized spacial score (nSPS) is 20.9. The molecule has 0 amide bonds. The van der Waals surface area contributed by atoms with Gasteiger partial charge in [-0.2, -0.15) is 0 Å². The highest BCUT2D eigenvalue weighted by Gasteiger charge is 2.41. The summed E-state index contributed by atoms with van der Waals surface area (Å²) in [6, 6.07) is 15.0. The number of hydrogen-bond acceptors (Lipinski definition) is 3. The van der Waals surface area contributed by atoms with E-state index in [2.05, 4.69) is 32.3 Å². The van der Waals surface area contributed by atoms with Gasteiger partial charge in [0, 0.05) is 13.6 Å². The Morgan fingerprint density at radius 2 is 1.67 bits per heavy atom. The number of fused-ring (bicyclic) bond motifs is 1. The number of rotatable bonds is 8. The number of Topliss-reactive ketones (excluding diaryl/α,β-unsaturated/α-hetero) is 1. The highest BCUT2D eigenvalue weighted by atomic mass is 28.3. The number of ether oxygens (including phenoxy) is 2. The molecule has 0 N–H and O–H groups in total. The zero-order valence-corrected chi connectivity index (χ0v) is 19.9. The number of allylic oxidation sites excluding steroid dienone is 1. The van der Waals surface area contributed by atoms with E-state index in [1.807, 2.05) is 42.5 Å². The van der Waals surface area contributed by atoms with Gasteiger partial charge in [0.15, 0.2) is 17.3 Å². The minimum atomic E-state index is -1.38.